The number of methoxy groups -OCH3 is 2. The highest BCUT2D eigenvalue weighted by molar-refractivity contribution is 6.36. The monoisotopic (exact) mass is 371 g/mol. The van der Waals surface area contributed by atoms with E-state index in [9.17, 15) is 0 Å². The molecule has 0 aromatic carbocycles. The van der Waals surface area contributed by atoms with Gasteiger partial charge in [-0.2, -0.15) is 0 Å². The highest BCUT2D eigenvalue weighted by atomic mass is 28.2. The van der Waals surface area contributed by atoms with E-state index >= 15 is 0 Å². The van der Waals surface area contributed by atoms with Gasteiger partial charge in [0, 0.05) is 53.5 Å². The quantitative estimate of drug-likeness (QED) is 0.250. The van der Waals surface area contributed by atoms with Gasteiger partial charge in [0.2, 0.25) is 0 Å². The first-order valence-electron chi connectivity index (χ1n) is 10.0. The zero-order valence-corrected chi connectivity index (χ0v) is 18.1. The van der Waals surface area contributed by atoms with E-state index in [-0.39, 0.29) is 5.91 Å². The number of rotatable bonds is 15. The Morgan fingerprint density at radius 1 is 0.800 bits per heavy atom. The number of nitrogens with zero attached hydrogens (tertiary/aromatic N) is 3. The molecule has 1 aliphatic rings. The summed E-state index contributed by atoms with van der Waals surface area (Å²) in [5, 5.41) is 0. The van der Waals surface area contributed by atoms with Gasteiger partial charge < -0.3 is 19.3 Å². The van der Waals surface area contributed by atoms with Crippen LogP contribution in [0.25, 0.3) is 0 Å². The fourth-order valence-corrected chi connectivity index (χ4v) is 4.25. The number of ether oxygens (including phenoxy) is 2. The molecule has 1 saturated heterocycles. The van der Waals surface area contributed by atoms with Gasteiger partial charge in [-0.05, 0) is 27.1 Å². The smallest absolute Gasteiger partial charge is 0.136 e. The standard InChI is InChI=1S/C19H41N3O2Si/c1-20(2)12-13-22-16-14-21(15-17-22)11-9-7-5-6-8-10-18-25-19(23-3)24-4/h19H,5-18H2,1-4H3. The van der Waals surface area contributed by atoms with Gasteiger partial charge >= 0.3 is 0 Å². The number of piperazine rings is 1. The summed E-state index contributed by atoms with van der Waals surface area (Å²) in [4.78, 5) is 7.54. The van der Waals surface area contributed by atoms with Crippen molar-refractivity contribution in [2.24, 2.45) is 0 Å². The summed E-state index contributed by atoms with van der Waals surface area (Å²) >= 11 is 0. The van der Waals surface area contributed by atoms with Crippen molar-refractivity contribution in [1.82, 2.24) is 14.7 Å². The Morgan fingerprint density at radius 3 is 1.88 bits per heavy atom. The topological polar surface area (TPSA) is 28.2 Å². The second kappa shape index (κ2) is 15.1. The zero-order valence-electron chi connectivity index (χ0n) is 17.1. The van der Waals surface area contributed by atoms with E-state index in [2.05, 4.69) is 28.8 Å². The molecule has 0 aromatic rings. The van der Waals surface area contributed by atoms with E-state index in [1.54, 1.807) is 14.2 Å². The van der Waals surface area contributed by atoms with Gasteiger partial charge in [-0.25, -0.2) is 0 Å². The second-order valence-electron chi connectivity index (χ2n) is 7.37. The van der Waals surface area contributed by atoms with Crippen molar-refractivity contribution in [2.75, 3.05) is 74.1 Å². The van der Waals surface area contributed by atoms with Gasteiger partial charge in [0.05, 0.1) is 0 Å². The predicted octanol–water partition coefficient (Wildman–Crippen LogP) is 2.21. The minimum absolute atomic E-state index is 0.0170. The molecule has 25 heavy (non-hydrogen) atoms. The van der Waals surface area contributed by atoms with Gasteiger partial charge in [0.15, 0.2) is 0 Å². The lowest BCUT2D eigenvalue weighted by molar-refractivity contribution is -0.0441. The highest BCUT2D eigenvalue weighted by Crippen LogP contribution is 2.10. The van der Waals surface area contributed by atoms with Crippen molar-refractivity contribution in [3.8, 4) is 0 Å². The predicted molar refractivity (Wildman–Crippen MR) is 108 cm³/mol. The Bertz CT molecular complexity index is 296. The van der Waals surface area contributed by atoms with E-state index in [0.29, 0.717) is 0 Å². The average Bonchev–Trinajstić information content (AvgIpc) is 2.62. The molecule has 1 aliphatic heterocycles. The molecule has 1 fully saturated rings. The molecule has 0 aromatic heterocycles. The Balaban J connectivity index is 1.86. The zero-order chi connectivity index (χ0) is 18.3. The van der Waals surface area contributed by atoms with Crippen LogP contribution in [0.5, 0.6) is 0 Å². The number of hydrogen-bond acceptors (Lipinski definition) is 5. The summed E-state index contributed by atoms with van der Waals surface area (Å²) < 4.78 is 10.5. The summed E-state index contributed by atoms with van der Waals surface area (Å²) in [7, 11) is 8.55. The van der Waals surface area contributed by atoms with Crippen LogP contribution in [-0.2, 0) is 9.47 Å². The first-order valence-corrected chi connectivity index (χ1v) is 11.3. The van der Waals surface area contributed by atoms with Crippen molar-refractivity contribution < 1.29 is 9.47 Å². The van der Waals surface area contributed by atoms with E-state index < -0.39 is 0 Å². The van der Waals surface area contributed by atoms with E-state index in [4.69, 9.17) is 9.47 Å². The molecule has 5 nitrogen and oxygen atoms in total. The van der Waals surface area contributed by atoms with Crippen molar-refractivity contribution in [3.05, 3.63) is 0 Å². The molecule has 1 heterocycles. The molecular weight excluding hydrogens is 330 g/mol. The fraction of sp³-hybridized carbons (Fsp3) is 1.00. The molecule has 0 N–H and O–H groups in total. The maximum absolute atomic E-state index is 5.23. The normalized spacial score (nSPS) is 17.0. The first-order chi connectivity index (χ1) is 12.2. The third kappa shape index (κ3) is 12.1. The van der Waals surface area contributed by atoms with Crippen LogP contribution in [-0.4, -0.2) is 104 Å². The van der Waals surface area contributed by atoms with Gasteiger partial charge in [-0.1, -0.05) is 38.1 Å². The van der Waals surface area contributed by atoms with Crippen molar-refractivity contribution in [3.63, 3.8) is 0 Å². The Labute approximate surface area is 158 Å². The van der Waals surface area contributed by atoms with Crippen molar-refractivity contribution in [1.29, 1.82) is 0 Å². The Kier molecular flexibility index (Phi) is 13.9. The molecule has 6 heteroatoms. The van der Waals surface area contributed by atoms with Gasteiger partial charge in [0.1, 0.15) is 15.4 Å². The number of hydrogen-bond donors (Lipinski definition) is 0. The second-order valence-corrected chi connectivity index (χ2v) is 8.74. The summed E-state index contributed by atoms with van der Waals surface area (Å²) in [5.41, 5.74) is 0. The lowest BCUT2D eigenvalue weighted by Gasteiger charge is -2.35. The molecule has 0 unspecified atom stereocenters. The third-order valence-corrected chi connectivity index (χ3v) is 6.42. The van der Waals surface area contributed by atoms with E-state index in [1.807, 2.05) is 0 Å². The third-order valence-electron chi connectivity index (χ3n) is 4.97. The number of likely N-dealkylation sites (N-methyl/N-ethyl adjacent to an activating group) is 1. The van der Waals surface area contributed by atoms with Crippen LogP contribution in [0.4, 0.5) is 0 Å². The van der Waals surface area contributed by atoms with Crippen LogP contribution < -0.4 is 0 Å². The van der Waals surface area contributed by atoms with E-state index in [1.165, 1.54) is 90.4 Å². The number of unbranched alkanes of at least 4 members (excludes halogenated alkanes) is 5. The van der Waals surface area contributed by atoms with Gasteiger partial charge in [-0.15, -0.1) is 0 Å². The van der Waals surface area contributed by atoms with Crippen LogP contribution in [0.1, 0.15) is 38.5 Å². The summed E-state index contributed by atoms with van der Waals surface area (Å²) in [5.74, 6) is 0.0170. The van der Waals surface area contributed by atoms with Crippen LogP contribution in [0.3, 0.4) is 0 Å². The Hall–Kier alpha value is 0.0169. The minimum Gasteiger partial charge on any atom is -0.360 e. The average molecular weight is 372 g/mol. The molecule has 2 radical (unpaired) electrons. The van der Waals surface area contributed by atoms with Crippen LogP contribution in [0, 0.1) is 0 Å². The molecule has 0 bridgehead atoms. The van der Waals surface area contributed by atoms with Gasteiger partial charge in [-0.3, -0.25) is 4.90 Å². The van der Waals surface area contributed by atoms with Crippen LogP contribution in [0.2, 0.25) is 6.04 Å². The summed E-state index contributed by atoms with van der Waals surface area (Å²) in [6, 6.07) is 1.24. The summed E-state index contributed by atoms with van der Waals surface area (Å²) in [6.07, 6.45) is 8.21. The summed E-state index contributed by atoms with van der Waals surface area (Å²) in [6.45, 7) is 8.71. The molecule has 0 saturated carbocycles. The maximum Gasteiger partial charge on any atom is 0.136 e. The maximum atomic E-state index is 5.23. The minimum atomic E-state index is 0.0170. The largest absolute Gasteiger partial charge is 0.360 e. The molecular formula is C19H41N3O2Si. The molecule has 0 spiro atoms. The SMILES string of the molecule is COC(OC)[Si]CCCCCCCCN1CCN(CCN(C)C)CC1. The van der Waals surface area contributed by atoms with Crippen molar-refractivity contribution >= 4 is 9.52 Å². The van der Waals surface area contributed by atoms with Crippen molar-refractivity contribution in [2.45, 2.75) is 50.5 Å². The molecule has 148 valence electrons. The van der Waals surface area contributed by atoms with Crippen LogP contribution >= 0.6 is 0 Å². The van der Waals surface area contributed by atoms with E-state index in [0.717, 1.165) is 9.52 Å². The van der Waals surface area contributed by atoms with Crippen LogP contribution in [0.15, 0.2) is 0 Å². The molecule has 0 amide bonds. The Morgan fingerprint density at radius 2 is 1.32 bits per heavy atom. The first kappa shape index (κ1) is 23.1. The lowest BCUT2D eigenvalue weighted by Crippen LogP contribution is -2.48. The highest BCUT2D eigenvalue weighted by Gasteiger charge is 2.15. The molecule has 0 aliphatic carbocycles. The fourth-order valence-electron chi connectivity index (χ4n) is 3.23. The van der Waals surface area contributed by atoms with Gasteiger partial charge in [0.25, 0.3) is 0 Å². The lowest BCUT2D eigenvalue weighted by atomic mass is 10.1. The molecule has 1 rings (SSSR count). The molecule has 0 atom stereocenters.